The van der Waals surface area contributed by atoms with E-state index in [1.165, 1.54) is 16.4 Å². The molecule has 2 saturated heterocycles. The lowest BCUT2D eigenvalue weighted by Crippen LogP contribution is -2.42. The number of nitrogens with zero attached hydrogens (tertiary/aromatic N) is 2. The smallest absolute Gasteiger partial charge is 0.289 e. The predicted molar refractivity (Wildman–Crippen MR) is 93.1 cm³/mol. The van der Waals surface area contributed by atoms with Gasteiger partial charge >= 0.3 is 0 Å². The molecule has 7 nitrogen and oxygen atoms in total. The van der Waals surface area contributed by atoms with Crippen molar-refractivity contribution < 1.29 is 13.3 Å². The van der Waals surface area contributed by atoms with E-state index in [4.69, 9.17) is 0 Å². The van der Waals surface area contributed by atoms with Crippen molar-refractivity contribution in [2.24, 2.45) is 0 Å². The maximum atomic E-state index is 13.2. The number of halogens is 1. The van der Waals surface area contributed by atoms with Crippen molar-refractivity contribution >= 4 is 28.1 Å². The van der Waals surface area contributed by atoms with Crippen LogP contribution in [0.25, 0.3) is 0 Å². The minimum atomic E-state index is -3.88. The molecule has 0 aromatic heterocycles. The average Bonchev–Trinajstić information content (AvgIpc) is 2.75. The second-order valence-electron chi connectivity index (χ2n) is 6.37. The van der Waals surface area contributed by atoms with Crippen LogP contribution in [0.4, 0.5) is 5.69 Å². The van der Waals surface area contributed by atoms with Gasteiger partial charge in [-0.1, -0.05) is 0 Å². The number of aryl methyl sites for hydroxylation is 2. The summed E-state index contributed by atoms with van der Waals surface area (Å²) in [4.78, 5) is 10.6. The second kappa shape index (κ2) is 6.95. The molecule has 134 valence electrons. The van der Waals surface area contributed by atoms with Gasteiger partial charge in [0, 0.05) is 24.7 Å². The molecule has 0 spiro atoms. The maximum absolute atomic E-state index is 13.2. The summed E-state index contributed by atoms with van der Waals surface area (Å²) in [5.41, 5.74) is 1.13. The lowest BCUT2D eigenvalue weighted by molar-refractivity contribution is -0.387. The molecule has 0 saturated carbocycles. The zero-order chi connectivity index (χ0) is 16.8. The molecule has 3 rings (SSSR count). The SMILES string of the molecule is Cc1cc([N+](=O)[O-])c(S(=O)(=O)N2C3CCNCC2CC3)cc1C.Cl. The Balaban J connectivity index is 0.00000208. The van der Waals surface area contributed by atoms with E-state index < -0.39 is 14.9 Å². The molecular weight excluding hydrogens is 354 g/mol. The van der Waals surface area contributed by atoms with Crippen LogP contribution in [-0.2, 0) is 10.0 Å². The number of rotatable bonds is 3. The third-order valence-corrected chi connectivity index (χ3v) is 6.95. The first-order valence-electron chi connectivity index (χ1n) is 7.82. The van der Waals surface area contributed by atoms with Crippen LogP contribution in [0.2, 0.25) is 0 Å². The van der Waals surface area contributed by atoms with Crippen molar-refractivity contribution in [2.45, 2.75) is 50.1 Å². The Morgan fingerprint density at radius 3 is 2.46 bits per heavy atom. The molecular formula is C15H22ClN3O4S. The normalized spacial score (nSPS) is 24.2. The molecule has 1 N–H and O–H groups in total. The molecule has 9 heteroatoms. The van der Waals surface area contributed by atoms with Crippen LogP contribution in [-0.4, -0.2) is 42.8 Å². The minimum Gasteiger partial charge on any atom is -0.315 e. The molecule has 2 fully saturated rings. The zero-order valence-electron chi connectivity index (χ0n) is 13.7. The van der Waals surface area contributed by atoms with Crippen molar-refractivity contribution in [1.29, 1.82) is 0 Å². The number of nitrogens with one attached hydrogen (secondary N) is 1. The molecule has 2 heterocycles. The van der Waals surface area contributed by atoms with Crippen LogP contribution in [0, 0.1) is 24.0 Å². The van der Waals surface area contributed by atoms with Crippen molar-refractivity contribution in [1.82, 2.24) is 9.62 Å². The third-order valence-electron chi connectivity index (χ3n) is 4.91. The standard InChI is InChI=1S/C15H21N3O4S.ClH/c1-10-7-14(18(19)20)15(8-11(10)2)23(21,22)17-12-3-4-13(17)9-16-6-5-12;/h7-8,12-13,16H,3-6,9H2,1-2H3;1H. The van der Waals surface area contributed by atoms with E-state index in [0.29, 0.717) is 6.54 Å². The first kappa shape index (κ1) is 19.1. The molecule has 0 amide bonds. The molecule has 2 unspecified atom stereocenters. The highest BCUT2D eigenvalue weighted by Gasteiger charge is 2.45. The van der Waals surface area contributed by atoms with Gasteiger partial charge in [-0.2, -0.15) is 4.31 Å². The maximum Gasteiger partial charge on any atom is 0.289 e. The highest BCUT2D eigenvalue weighted by Crippen LogP contribution is 2.37. The van der Waals surface area contributed by atoms with Gasteiger partial charge in [0.1, 0.15) is 0 Å². The average molecular weight is 376 g/mol. The highest BCUT2D eigenvalue weighted by molar-refractivity contribution is 7.89. The van der Waals surface area contributed by atoms with E-state index in [1.807, 2.05) is 0 Å². The largest absolute Gasteiger partial charge is 0.315 e. The topological polar surface area (TPSA) is 92.5 Å². The van der Waals surface area contributed by atoms with Gasteiger partial charge in [0.15, 0.2) is 4.90 Å². The predicted octanol–water partition coefficient (Wildman–Crippen LogP) is 2.15. The van der Waals surface area contributed by atoms with Crippen LogP contribution in [0.1, 0.15) is 30.4 Å². The molecule has 2 aliphatic rings. The van der Waals surface area contributed by atoms with E-state index in [-0.39, 0.29) is 35.1 Å². The molecule has 2 bridgehead atoms. The number of nitro groups is 1. The molecule has 2 atom stereocenters. The molecule has 2 aliphatic heterocycles. The summed E-state index contributed by atoms with van der Waals surface area (Å²) in [6.45, 7) is 4.91. The van der Waals surface area contributed by atoms with Crippen LogP contribution >= 0.6 is 12.4 Å². The molecule has 0 radical (unpaired) electrons. The Kier molecular flexibility index (Phi) is 5.54. The van der Waals surface area contributed by atoms with Gasteiger partial charge in [-0.25, -0.2) is 8.42 Å². The fourth-order valence-corrected chi connectivity index (χ4v) is 5.69. The second-order valence-corrected chi connectivity index (χ2v) is 8.19. The van der Waals surface area contributed by atoms with E-state index in [9.17, 15) is 18.5 Å². The summed E-state index contributed by atoms with van der Waals surface area (Å²) in [6.07, 6.45) is 2.37. The number of benzene rings is 1. The zero-order valence-corrected chi connectivity index (χ0v) is 15.3. The quantitative estimate of drug-likeness (QED) is 0.645. The van der Waals surface area contributed by atoms with E-state index in [0.717, 1.165) is 36.9 Å². The Labute approximate surface area is 148 Å². The van der Waals surface area contributed by atoms with E-state index in [2.05, 4.69) is 5.32 Å². The number of nitro benzene ring substituents is 1. The van der Waals surface area contributed by atoms with Crippen molar-refractivity contribution in [2.75, 3.05) is 13.1 Å². The first-order valence-corrected chi connectivity index (χ1v) is 9.26. The lowest BCUT2D eigenvalue weighted by atomic mass is 10.1. The van der Waals surface area contributed by atoms with Crippen molar-refractivity contribution in [3.8, 4) is 0 Å². The van der Waals surface area contributed by atoms with E-state index >= 15 is 0 Å². The summed E-state index contributed by atoms with van der Waals surface area (Å²) in [5, 5.41) is 14.6. The van der Waals surface area contributed by atoms with Gasteiger partial charge in [0.2, 0.25) is 10.0 Å². The van der Waals surface area contributed by atoms with Crippen LogP contribution in [0.5, 0.6) is 0 Å². The minimum absolute atomic E-state index is 0. The van der Waals surface area contributed by atoms with Gasteiger partial charge in [-0.15, -0.1) is 12.4 Å². The van der Waals surface area contributed by atoms with Gasteiger partial charge in [-0.3, -0.25) is 10.1 Å². The fourth-order valence-electron chi connectivity index (χ4n) is 3.57. The Hall–Kier alpha value is -1.22. The third kappa shape index (κ3) is 3.15. The van der Waals surface area contributed by atoms with Crippen LogP contribution in [0.15, 0.2) is 17.0 Å². The molecule has 1 aromatic rings. The van der Waals surface area contributed by atoms with Gasteiger partial charge in [-0.05, 0) is 56.8 Å². The van der Waals surface area contributed by atoms with Gasteiger partial charge < -0.3 is 5.32 Å². The summed E-state index contributed by atoms with van der Waals surface area (Å²) < 4.78 is 27.9. The monoisotopic (exact) mass is 375 g/mol. The Morgan fingerprint density at radius 1 is 1.17 bits per heavy atom. The summed E-state index contributed by atoms with van der Waals surface area (Å²) in [5.74, 6) is 0. The molecule has 0 aliphatic carbocycles. The van der Waals surface area contributed by atoms with Gasteiger partial charge in [0.05, 0.1) is 4.92 Å². The van der Waals surface area contributed by atoms with Crippen molar-refractivity contribution in [3.63, 3.8) is 0 Å². The highest BCUT2D eigenvalue weighted by atomic mass is 35.5. The Morgan fingerprint density at radius 2 is 1.79 bits per heavy atom. The Bertz CT molecular complexity index is 739. The summed E-state index contributed by atoms with van der Waals surface area (Å²) in [6, 6.07) is 2.62. The van der Waals surface area contributed by atoms with Crippen molar-refractivity contribution in [3.05, 3.63) is 33.4 Å². The number of hydrogen-bond acceptors (Lipinski definition) is 5. The first-order chi connectivity index (χ1) is 10.8. The van der Waals surface area contributed by atoms with Crippen LogP contribution < -0.4 is 5.32 Å². The van der Waals surface area contributed by atoms with Crippen LogP contribution in [0.3, 0.4) is 0 Å². The number of hydrogen-bond donors (Lipinski definition) is 1. The fraction of sp³-hybridized carbons (Fsp3) is 0.600. The summed E-state index contributed by atoms with van der Waals surface area (Å²) >= 11 is 0. The van der Waals surface area contributed by atoms with E-state index in [1.54, 1.807) is 13.8 Å². The number of fused-ring (bicyclic) bond motifs is 2. The number of sulfonamides is 1. The lowest BCUT2D eigenvalue weighted by Gasteiger charge is -2.27. The molecule has 24 heavy (non-hydrogen) atoms. The van der Waals surface area contributed by atoms with Gasteiger partial charge in [0.25, 0.3) is 5.69 Å². The summed E-state index contributed by atoms with van der Waals surface area (Å²) in [7, 11) is -3.88. The molecule has 1 aromatic carbocycles.